The number of rotatable bonds is 7. The standard InChI is InChI=1S/C20H20N4O5/c1-12(19(27)22-14-7-8-15-16(10-14)24-20(28)23-15)29-18(26)11-21-17(25)9-13-5-3-2-4-6-13/h2-8,10,12H,9,11H2,1H3,(H,21,25)(H,22,27)(H2,23,24,28)/t12-/m1/s1. The molecule has 3 aromatic rings. The van der Waals surface area contributed by atoms with E-state index in [9.17, 15) is 19.2 Å². The summed E-state index contributed by atoms with van der Waals surface area (Å²) in [6, 6.07) is 14.0. The molecule has 1 atom stereocenters. The molecule has 0 bridgehead atoms. The zero-order valence-corrected chi connectivity index (χ0v) is 15.7. The summed E-state index contributed by atoms with van der Waals surface area (Å²) in [6.07, 6.45) is -0.914. The van der Waals surface area contributed by atoms with E-state index in [1.165, 1.54) is 6.92 Å². The van der Waals surface area contributed by atoms with E-state index >= 15 is 0 Å². The molecule has 2 amide bonds. The lowest BCUT2D eigenvalue weighted by atomic mass is 10.1. The van der Waals surface area contributed by atoms with E-state index in [2.05, 4.69) is 20.6 Å². The van der Waals surface area contributed by atoms with Gasteiger partial charge in [0.1, 0.15) is 6.54 Å². The number of benzene rings is 2. The van der Waals surface area contributed by atoms with Crippen molar-refractivity contribution in [1.82, 2.24) is 15.3 Å². The number of aromatic nitrogens is 2. The van der Waals surface area contributed by atoms with Gasteiger partial charge in [-0.05, 0) is 30.7 Å². The Morgan fingerprint density at radius 2 is 1.76 bits per heavy atom. The Balaban J connectivity index is 1.46. The number of anilines is 1. The molecule has 0 fully saturated rings. The fourth-order valence-electron chi connectivity index (χ4n) is 2.66. The molecule has 2 aromatic carbocycles. The maximum absolute atomic E-state index is 12.2. The summed E-state index contributed by atoms with van der Waals surface area (Å²) >= 11 is 0. The number of amides is 2. The van der Waals surface area contributed by atoms with Crippen molar-refractivity contribution in [3.63, 3.8) is 0 Å². The first-order valence-electron chi connectivity index (χ1n) is 8.94. The molecule has 1 heterocycles. The zero-order valence-electron chi connectivity index (χ0n) is 15.7. The van der Waals surface area contributed by atoms with Gasteiger partial charge in [0.2, 0.25) is 5.91 Å². The highest BCUT2D eigenvalue weighted by Gasteiger charge is 2.18. The smallest absolute Gasteiger partial charge is 0.326 e. The second-order valence-corrected chi connectivity index (χ2v) is 6.40. The molecule has 0 aliphatic rings. The average molecular weight is 396 g/mol. The van der Waals surface area contributed by atoms with Crippen LogP contribution in [0.2, 0.25) is 0 Å². The van der Waals surface area contributed by atoms with E-state index in [0.29, 0.717) is 16.7 Å². The lowest BCUT2D eigenvalue weighted by molar-refractivity contribution is -0.152. The molecule has 3 rings (SSSR count). The van der Waals surface area contributed by atoms with Gasteiger partial charge in [-0.15, -0.1) is 0 Å². The van der Waals surface area contributed by atoms with Crippen LogP contribution >= 0.6 is 0 Å². The third kappa shape index (κ3) is 5.55. The van der Waals surface area contributed by atoms with E-state index in [0.717, 1.165) is 5.56 Å². The van der Waals surface area contributed by atoms with Gasteiger partial charge in [0.25, 0.3) is 5.91 Å². The molecule has 29 heavy (non-hydrogen) atoms. The first kappa shape index (κ1) is 19.9. The number of carbonyl (C=O) groups is 3. The molecule has 9 heteroatoms. The molecule has 0 spiro atoms. The zero-order chi connectivity index (χ0) is 20.8. The van der Waals surface area contributed by atoms with Crippen LogP contribution in [0.5, 0.6) is 0 Å². The number of fused-ring (bicyclic) bond motifs is 1. The second kappa shape index (κ2) is 8.87. The summed E-state index contributed by atoms with van der Waals surface area (Å²) in [5.74, 6) is -1.58. The number of esters is 1. The van der Waals surface area contributed by atoms with Gasteiger partial charge < -0.3 is 25.3 Å². The van der Waals surface area contributed by atoms with E-state index in [4.69, 9.17) is 4.74 Å². The highest BCUT2D eigenvalue weighted by Crippen LogP contribution is 2.15. The van der Waals surface area contributed by atoms with Gasteiger partial charge in [0.05, 0.1) is 17.5 Å². The van der Waals surface area contributed by atoms with Gasteiger partial charge in [0, 0.05) is 5.69 Å². The predicted molar refractivity (Wildman–Crippen MR) is 106 cm³/mol. The summed E-state index contributed by atoms with van der Waals surface area (Å²) < 4.78 is 5.05. The monoisotopic (exact) mass is 396 g/mol. The largest absolute Gasteiger partial charge is 0.451 e. The second-order valence-electron chi connectivity index (χ2n) is 6.40. The molecule has 0 aliphatic heterocycles. The highest BCUT2D eigenvalue weighted by molar-refractivity contribution is 5.96. The predicted octanol–water partition coefficient (Wildman–Crippen LogP) is 1.09. The van der Waals surface area contributed by atoms with E-state index in [1.54, 1.807) is 18.2 Å². The summed E-state index contributed by atoms with van der Waals surface area (Å²) in [5, 5.41) is 5.07. The van der Waals surface area contributed by atoms with Crippen molar-refractivity contribution < 1.29 is 19.1 Å². The quantitative estimate of drug-likeness (QED) is 0.444. The van der Waals surface area contributed by atoms with Gasteiger partial charge >= 0.3 is 11.7 Å². The first-order chi connectivity index (χ1) is 13.9. The summed E-state index contributed by atoms with van der Waals surface area (Å²) in [5.41, 5.74) is 2.07. The Kier molecular flexibility index (Phi) is 6.08. The maximum Gasteiger partial charge on any atom is 0.326 e. The van der Waals surface area contributed by atoms with Crippen molar-refractivity contribution in [1.29, 1.82) is 0 Å². The number of H-pyrrole nitrogens is 2. The summed E-state index contributed by atoms with van der Waals surface area (Å²) in [6.45, 7) is 1.09. The minimum Gasteiger partial charge on any atom is -0.451 e. The van der Waals surface area contributed by atoms with E-state index < -0.39 is 18.0 Å². The van der Waals surface area contributed by atoms with Crippen molar-refractivity contribution in [2.24, 2.45) is 0 Å². The van der Waals surface area contributed by atoms with Crippen LogP contribution in [-0.2, 0) is 25.5 Å². The Hall–Kier alpha value is -3.88. The fraction of sp³-hybridized carbons (Fsp3) is 0.200. The van der Waals surface area contributed by atoms with Gasteiger partial charge in [0.15, 0.2) is 6.10 Å². The summed E-state index contributed by atoms with van der Waals surface area (Å²) in [4.78, 5) is 52.4. The lowest BCUT2D eigenvalue weighted by Gasteiger charge is -2.14. The Morgan fingerprint density at radius 3 is 2.52 bits per heavy atom. The van der Waals surface area contributed by atoms with Crippen LogP contribution in [0.4, 0.5) is 5.69 Å². The molecule has 9 nitrogen and oxygen atoms in total. The molecule has 0 saturated carbocycles. The number of ether oxygens (including phenoxy) is 1. The Morgan fingerprint density at radius 1 is 1.03 bits per heavy atom. The van der Waals surface area contributed by atoms with Crippen molar-refractivity contribution in [2.75, 3.05) is 11.9 Å². The van der Waals surface area contributed by atoms with Crippen molar-refractivity contribution in [3.05, 3.63) is 64.6 Å². The number of nitrogens with one attached hydrogen (secondary N) is 4. The average Bonchev–Trinajstić information content (AvgIpc) is 3.06. The SMILES string of the molecule is C[C@@H](OC(=O)CNC(=O)Cc1ccccc1)C(=O)Nc1ccc2[nH]c(=O)[nH]c2c1. The number of aromatic amines is 2. The molecule has 0 radical (unpaired) electrons. The molecule has 150 valence electrons. The van der Waals surface area contributed by atoms with Gasteiger partial charge in [-0.2, -0.15) is 0 Å². The lowest BCUT2D eigenvalue weighted by Crippen LogP contribution is -2.36. The minimum absolute atomic E-state index is 0.147. The molecular weight excluding hydrogens is 376 g/mol. The van der Waals surface area contributed by atoms with Crippen LogP contribution in [0.25, 0.3) is 11.0 Å². The van der Waals surface area contributed by atoms with Gasteiger partial charge in [-0.1, -0.05) is 30.3 Å². The number of imidazole rings is 1. The third-order valence-electron chi connectivity index (χ3n) is 4.10. The van der Waals surface area contributed by atoms with Crippen molar-refractivity contribution in [2.45, 2.75) is 19.4 Å². The van der Waals surface area contributed by atoms with E-state index in [1.807, 2.05) is 30.3 Å². The third-order valence-corrected chi connectivity index (χ3v) is 4.10. The van der Waals surface area contributed by atoms with Crippen molar-refractivity contribution >= 4 is 34.5 Å². The minimum atomic E-state index is -1.06. The van der Waals surface area contributed by atoms with Crippen LogP contribution < -0.4 is 16.3 Å². The van der Waals surface area contributed by atoms with Crippen LogP contribution in [0.15, 0.2) is 53.3 Å². The van der Waals surface area contributed by atoms with Crippen LogP contribution in [0.1, 0.15) is 12.5 Å². The Bertz CT molecular complexity index is 1090. The number of hydrogen-bond acceptors (Lipinski definition) is 5. The molecule has 0 saturated heterocycles. The molecule has 0 unspecified atom stereocenters. The van der Waals surface area contributed by atoms with Crippen LogP contribution in [0, 0.1) is 0 Å². The molecule has 1 aromatic heterocycles. The van der Waals surface area contributed by atoms with Gasteiger partial charge in [-0.25, -0.2) is 4.79 Å². The molecule has 4 N–H and O–H groups in total. The highest BCUT2D eigenvalue weighted by atomic mass is 16.5. The first-order valence-corrected chi connectivity index (χ1v) is 8.94. The normalized spacial score (nSPS) is 11.6. The Labute approximate surface area is 165 Å². The van der Waals surface area contributed by atoms with Gasteiger partial charge in [-0.3, -0.25) is 14.4 Å². The summed E-state index contributed by atoms with van der Waals surface area (Å²) in [7, 11) is 0. The van der Waals surface area contributed by atoms with Crippen molar-refractivity contribution in [3.8, 4) is 0 Å². The fourth-order valence-corrected chi connectivity index (χ4v) is 2.66. The number of carbonyl (C=O) groups excluding carboxylic acids is 3. The maximum atomic E-state index is 12.2. The molecular formula is C20H20N4O5. The van der Waals surface area contributed by atoms with Crippen LogP contribution in [-0.4, -0.2) is 40.4 Å². The van der Waals surface area contributed by atoms with E-state index in [-0.39, 0.29) is 24.6 Å². The van der Waals surface area contributed by atoms with Crippen LogP contribution in [0.3, 0.4) is 0 Å². The molecule has 0 aliphatic carbocycles. The topological polar surface area (TPSA) is 133 Å². The number of hydrogen-bond donors (Lipinski definition) is 4.